The number of aliphatic imine (C=N–C) groups is 1. The Morgan fingerprint density at radius 1 is 1.50 bits per heavy atom. The number of hydrazone groups is 1. The van der Waals surface area contributed by atoms with E-state index >= 15 is 0 Å². The second-order valence-electron chi connectivity index (χ2n) is 5.85. The van der Waals surface area contributed by atoms with E-state index in [9.17, 15) is 0 Å². The minimum absolute atomic E-state index is 0.0161. The van der Waals surface area contributed by atoms with Gasteiger partial charge in [0.1, 0.15) is 6.34 Å². The molecule has 28 heavy (non-hydrogen) atoms. The number of aryl methyl sites for hydroxylation is 1. The first-order valence-corrected chi connectivity index (χ1v) is 10.0. The van der Waals surface area contributed by atoms with Crippen LogP contribution in [0.3, 0.4) is 0 Å². The number of halogens is 2. The molecule has 0 amide bonds. The van der Waals surface area contributed by atoms with Gasteiger partial charge in [0.25, 0.3) is 0 Å². The molecule has 2 heterocycles. The van der Waals surface area contributed by atoms with Gasteiger partial charge in [0.05, 0.1) is 6.54 Å². The van der Waals surface area contributed by atoms with Crippen molar-refractivity contribution in [2.24, 2.45) is 28.6 Å². The van der Waals surface area contributed by atoms with Gasteiger partial charge in [-0.1, -0.05) is 35.4 Å². The Morgan fingerprint density at radius 3 is 2.54 bits per heavy atom. The van der Waals surface area contributed by atoms with Crippen LogP contribution in [0.5, 0.6) is 0 Å². The van der Waals surface area contributed by atoms with Gasteiger partial charge in [-0.15, -0.1) is 11.7 Å². The zero-order chi connectivity index (χ0) is 21.5. The van der Waals surface area contributed by atoms with E-state index in [0.29, 0.717) is 6.54 Å². The molecule has 7 nitrogen and oxygen atoms in total. The molecule has 1 aromatic rings. The summed E-state index contributed by atoms with van der Waals surface area (Å²) in [4.78, 5) is 4.50. The van der Waals surface area contributed by atoms with Crippen LogP contribution >= 0.6 is 27.5 Å². The van der Waals surface area contributed by atoms with Crippen molar-refractivity contribution in [3.8, 4) is 0 Å². The van der Waals surface area contributed by atoms with E-state index in [0.717, 1.165) is 35.1 Å². The van der Waals surface area contributed by atoms with E-state index in [-0.39, 0.29) is 5.29 Å². The molecule has 0 radical (unpaired) electrons. The molecule has 1 aromatic heterocycles. The first-order valence-electron chi connectivity index (χ1n) is 8.88. The van der Waals surface area contributed by atoms with Gasteiger partial charge in [-0.05, 0) is 43.5 Å². The zero-order valence-electron chi connectivity index (χ0n) is 17.1. The molecule has 0 bridgehead atoms. The fraction of sp³-hybridized carbons (Fsp3) is 0.421. The predicted molar refractivity (Wildman–Crippen MR) is 124 cm³/mol. The minimum atomic E-state index is 0.0161. The number of nitrogens with zero attached hydrogens (tertiary/aromatic N) is 5. The number of nitrogens with two attached hydrogens (primary N) is 2. The maximum atomic E-state index is 5.60. The molecule has 4 N–H and O–H groups in total. The summed E-state index contributed by atoms with van der Waals surface area (Å²) in [5, 5.41) is 9.88. The van der Waals surface area contributed by atoms with E-state index in [1.165, 1.54) is 11.8 Å². The Morgan fingerprint density at radius 2 is 2.11 bits per heavy atom. The maximum Gasteiger partial charge on any atom is 0.212 e. The van der Waals surface area contributed by atoms with Crippen LogP contribution in [0, 0.1) is 0 Å². The molecule has 0 fully saturated rings. The Kier molecular flexibility index (Phi) is 13.8. The van der Waals surface area contributed by atoms with Crippen molar-refractivity contribution >= 4 is 39.2 Å². The summed E-state index contributed by atoms with van der Waals surface area (Å²) in [6, 6.07) is 2.01. The second-order valence-corrected chi connectivity index (χ2v) is 7.49. The third-order valence-electron chi connectivity index (χ3n) is 3.38. The Bertz CT molecular complexity index is 712. The van der Waals surface area contributed by atoms with Crippen molar-refractivity contribution in [1.82, 2.24) is 14.8 Å². The van der Waals surface area contributed by atoms with Crippen LogP contribution < -0.4 is 11.5 Å². The topological polar surface area (TPSA) is 97.8 Å². The van der Waals surface area contributed by atoms with Crippen LogP contribution in [0.1, 0.15) is 39.3 Å². The summed E-state index contributed by atoms with van der Waals surface area (Å²) >= 11 is 8.71. The number of aromatic nitrogens is 2. The summed E-state index contributed by atoms with van der Waals surface area (Å²) in [6.07, 6.45) is 9.54. The lowest BCUT2D eigenvalue weighted by molar-refractivity contribution is 0.475. The average Bonchev–Trinajstić information content (AvgIpc) is 3.03. The Hall–Kier alpha value is -2.06. The molecule has 1 aliphatic heterocycles. The molecule has 0 spiro atoms. The lowest BCUT2D eigenvalue weighted by Gasteiger charge is -2.22. The summed E-state index contributed by atoms with van der Waals surface area (Å²) < 4.78 is 2.84. The highest BCUT2D eigenvalue weighted by Crippen LogP contribution is 2.21. The number of hydrogen-bond donors (Lipinski definition) is 2. The van der Waals surface area contributed by atoms with Crippen LogP contribution in [0.25, 0.3) is 0 Å². The van der Waals surface area contributed by atoms with E-state index in [4.69, 9.17) is 23.1 Å². The largest absolute Gasteiger partial charge is 0.404 e. The van der Waals surface area contributed by atoms with E-state index < -0.39 is 0 Å². The molecule has 0 saturated carbocycles. The summed E-state index contributed by atoms with van der Waals surface area (Å²) in [5.74, 6) is 0. The lowest BCUT2D eigenvalue weighted by Crippen LogP contribution is -2.26. The first-order chi connectivity index (χ1) is 13.3. The molecule has 9 heteroatoms. The third kappa shape index (κ3) is 10.9. The van der Waals surface area contributed by atoms with Crippen LogP contribution in [0.2, 0.25) is 0 Å². The molecule has 2 rings (SSSR count). The Labute approximate surface area is 181 Å². The van der Waals surface area contributed by atoms with E-state index in [2.05, 4.69) is 44.6 Å². The maximum absolute atomic E-state index is 5.60. The van der Waals surface area contributed by atoms with E-state index in [1.54, 1.807) is 23.6 Å². The first kappa shape index (κ1) is 25.9. The molecule has 1 aliphatic rings. The van der Waals surface area contributed by atoms with Gasteiger partial charge in [-0.25, -0.2) is 10.0 Å². The average molecular weight is 473 g/mol. The van der Waals surface area contributed by atoms with Crippen molar-refractivity contribution in [3.63, 3.8) is 0 Å². The van der Waals surface area contributed by atoms with Crippen molar-refractivity contribution in [3.05, 3.63) is 52.6 Å². The molecular formula is C19H31BrClN7. The highest BCUT2D eigenvalue weighted by molar-refractivity contribution is 9.11. The monoisotopic (exact) mass is 471 g/mol. The van der Waals surface area contributed by atoms with Crippen LogP contribution in [-0.4, -0.2) is 33.0 Å². The lowest BCUT2D eigenvalue weighted by atomic mass is 10.0. The van der Waals surface area contributed by atoms with Gasteiger partial charge >= 0.3 is 0 Å². The zero-order valence-corrected chi connectivity index (χ0v) is 19.4. The van der Waals surface area contributed by atoms with Crippen molar-refractivity contribution in [1.29, 1.82) is 0 Å². The normalized spacial score (nSPS) is 14.1. The van der Waals surface area contributed by atoms with Gasteiger partial charge in [0, 0.05) is 41.7 Å². The molecule has 0 aliphatic carbocycles. The smallest absolute Gasteiger partial charge is 0.212 e. The number of rotatable bonds is 5. The van der Waals surface area contributed by atoms with Crippen LogP contribution in [0.15, 0.2) is 57.0 Å². The highest BCUT2D eigenvalue weighted by Gasteiger charge is 2.15. The molecule has 0 saturated heterocycles. The van der Waals surface area contributed by atoms with Gasteiger partial charge in [-0.3, -0.25) is 4.68 Å². The van der Waals surface area contributed by atoms with Crippen molar-refractivity contribution < 1.29 is 0 Å². The van der Waals surface area contributed by atoms with Gasteiger partial charge in [0.2, 0.25) is 5.29 Å². The standard InChI is InChI=1S/C13H19ClN6.C3H6BrN.C3H6/c1-3-4-10-8-20(18-13(14)15)9-16-12(10)7-11-5-6-17-19(11)2;1-3(4)2-5;1-3-2/h5-6,9H,3-4,7-8H2,1-2H3,(H2,15,18);2H,5H2,1H3;3H,1H2,2H3/b;3-2+;. The highest BCUT2D eigenvalue weighted by atomic mass is 79.9. The fourth-order valence-electron chi connectivity index (χ4n) is 2.18. The van der Waals surface area contributed by atoms with Crippen LogP contribution in [-0.2, 0) is 13.5 Å². The minimum Gasteiger partial charge on any atom is -0.404 e. The quantitative estimate of drug-likeness (QED) is 0.290. The Balaban J connectivity index is 0.000000777. The van der Waals surface area contributed by atoms with Crippen molar-refractivity contribution in [2.75, 3.05) is 6.54 Å². The number of amidine groups is 1. The fourth-order valence-corrected chi connectivity index (χ4v) is 2.28. The molecular weight excluding hydrogens is 442 g/mol. The summed E-state index contributed by atoms with van der Waals surface area (Å²) in [5.41, 5.74) is 13.8. The summed E-state index contributed by atoms with van der Waals surface area (Å²) in [6.45, 7) is 9.95. The van der Waals surface area contributed by atoms with Crippen molar-refractivity contribution in [2.45, 2.75) is 40.0 Å². The predicted octanol–water partition coefficient (Wildman–Crippen LogP) is 4.22. The molecule has 0 aromatic carbocycles. The number of allylic oxidation sites excluding steroid dienone is 3. The second kappa shape index (κ2) is 14.9. The van der Waals surface area contributed by atoms with Gasteiger partial charge in [0.15, 0.2) is 0 Å². The van der Waals surface area contributed by atoms with Gasteiger partial charge < -0.3 is 11.5 Å². The molecule has 0 atom stereocenters. The SMILES string of the molecule is C/C(Br)=C\N.C=CC.CCCC1=C(Cc2ccnn2C)N=CN(/N=C(\N)Cl)C1. The van der Waals surface area contributed by atoms with Crippen LogP contribution in [0.4, 0.5) is 0 Å². The molecule has 0 unspecified atom stereocenters. The van der Waals surface area contributed by atoms with Gasteiger partial charge in [-0.2, -0.15) is 5.10 Å². The third-order valence-corrected chi connectivity index (χ3v) is 3.72. The molecule has 156 valence electrons. The summed E-state index contributed by atoms with van der Waals surface area (Å²) in [7, 11) is 1.94. The number of hydrogen-bond acceptors (Lipinski definition) is 5. The van der Waals surface area contributed by atoms with E-state index in [1.807, 2.05) is 31.6 Å².